The smallest absolute Gasteiger partial charge is 0.321 e. The molecular formula is C17H21FN4OS. The van der Waals surface area contributed by atoms with Crippen LogP contribution < -0.4 is 5.32 Å². The molecule has 1 N–H and O–H groups in total. The topological polar surface area (TPSA) is 50.2 Å². The first kappa shape index (κ1) is 16.8. The molecule has 128 valence electrons. The zero-order valence-corrected chi connectivity index (χ0v) is 14.4. The molecule has 0 unspecified atom stereocenters. The number of halogens is 1. The van der Waals surface area contributed by atoms with Gasteiger partial charge in [-0.15, -0.1) is 0 Å². The normalized spacial score (nSPS) is 15.5. The molecule has 7 heteroatoms. The second-order valence-corrected chi connectivity index (χ2v) is 6.96. The number of aromatic nitrogens is 2. The number of thioether (sulfide) groups is 1. The number of likely N-dealkylation sites (tertiary alicyclic amines) is 1. The number of imidazole rings is 1. The molecule has 0 aliphatic carbocycles. The van der Waals surface area contributed by atoms with Crippen molar-refractivity contribution in [1.29, 1.82) is 0 Å². The van der Waals surface area contributed by atoms with Crippen LogP contribution in [0.5, 0.6) is 0 Å². The maximum Gasteiger partial charge on any atom is 0.321 e. The monoisotopic (exact) mass is 348 g/mol. The van der Waals surface area contributed by atoms with Crippen molar-refractivity contribution in [2.45, 2.75) is 18.0 Å². The van der Waals surface area contributed by atoms with E-state index in [1.807, 2.05) is 17.8 Å². The molecule has 1 aromatic heterocycles. The average molecular weight is 348 g/mol. The van der Waals surface area contributed by atoms with Crippen LogP contribution in [0, 0.1) is 11.7 Å². The molecule has 0 radical (unpaired) electrons. The summed E-state index contributed by atoms with van der Waals surface area (Å²) in [5, 5.41) is 3.67. The predicted molar refractivity (Wildman–Crippen MR) is 93.6 cm³/mol. The van der Waals surface area contributed by atoms with Crippen LogP contribution in [0.25, 0.3) is 0 Å². The van der Waals surface area contributed by atoms with Crippen molar-refractivity contribution in [2.75, 3.05) is 24.2 Å². The summed E-state index contributed by atoms with van der Waals surface area (Å²) in [6.45, 7) is 1.40. The van der Waals surface area contributed by atoms with Gasteiger partial charge in [-0.1, -0.05) is 23.9 Å². The number of rotatable bonds is 4. The number of hydrogen-bond acceptors (Lipinski definition) is 3. The Labute approximate surface area is 145 Å². The van der Waals surface area contributed by atoms with Crippen molar-refractivity contribution in [3.8, 4) is 0 Å². The van der Waals surface area contributed by atoms with Gasteiger partial charge in [-0.2, -0.15) is 0 Å². The highest BCUT2D eigenvalue weighted by Crippen LogP contribution is 2.25. The Kier molecular flexibility index (Phi) is 5.40. The summed E-state index contributed by atoms with van der Waals surface area (Å²) in [5.74, 6) is 1.17. The van der Waals surface area contributed by atoms with E-state index in [-0.39, 0.29) is 11.7 Å². The maximum absolute atomic E-state index is 13.6. The van der Waals surface area contributed by atoms with E-state index >= 15 is 0 Å². The van der Waals surface area contributed by atoms with Gasteiger partial charge in [-0.25, -0.2) is 14.2 Å². The number of anilines is 1. The Morgan fingerprint density at radius 3 is 2.79 bits per heavy atom. The van der Waals surface area contributed by atoms with Crippen molar-refractivity contribution < 1.29 is 9.18 Å². The summed E-state index contributed by atoms with van der Waals surface area (Å²) in [5.41, 5.74) is 0.231. The van der Waals surface area contributed by atoms with Gasteiger partial charge in [0, 0.05) is 38.3 Å². The Morgan fingerprint density at radius 2 is 2.12 bits per heavy atom. The Balaban J connectivity index is 1.45. The van der Waals surface area contributed by atoms with Gasteiger partial charge in [-0.3, -0.25) is 0 Å². The third-order valence-corrected chi connectivity index (χ3v) is 5.53. The fourth-order valence-corrected chi connectivity index (χ4v) is 3.86. The van der Waals surface area contributed by atoms with Crippen molar-refractivity contribution >= 4 is 23.5 Å². The number of nitrogens with zero attached hydrogens (tertiary/aromatic N) is 3. The third-order valence-electron chi connectivity index (χ3n) is 4.24. The minimum atomic E-state index is -0.410. The first-order valence-corrected chi connectivity index (χ1v) is 9.02. The molecule has 2 aromatic rings. The van der Waals surface area contributed by atoms with Crippen LogP contribution in [0.4, 0.5) is 14.9 Å². The summed E-state index contributed by atoms with van der Waals surface area (Å²) >= 11 is 1.76. The lowest BCUT2D eigenvalue weighted by atomic mass is 9.99. The van der Waals surface area contributed by atoms with Crippen molar-refractivity contribution in [1.82, 2.24) is 14.5 Å². The van der Waals surface area contributed by atoms with Gasteiger partial charge < -0.3 is 14.8 Å². The lowest BCUT2D eigenvalue weighted by molar-refractivity contribution is 0.187. The lowest BCUT2D eigenvalue weighted by Gasteiger charge is -2.31. The highest BCUT2D eigenvalue weighted by molar-refractivity contribution is 7.99. The van der Waals surface area contributed by atoms with E-state index in [0.717, 1.165) is 23.8 Å². The van der Waals surface area contributed by atoms with Crippen LogP contribution in [0.1, 0.15) is 12.8 Å². The SMILES string of the molecule is Cn1ccnc1SCC1CCN(C(=O)Nc2ccccc2F)CC1. The van der Waals surface area contributed by atoms with Gasteiger partial charge in [0.15, 0.2) is 5.16 Å². The summed E-state index contributed by atoms with van der Waals surface area (Å²) in [4.78, 5) is 18.3. The molecule has 3 rings (SSSR count). The van der Waals surface area contributed by atoms with E-state index in [1.165, 1.54) is 6.07 Å². The highest BCUT2D eigenvalue weighted by Gasteiger charge is 2.23. The molecule has 1 saturated heterocycles. The molecule has 24 heavy (non-hydrogen) atoms. The number of para-hydroxylation sites is 1. The van der Waals surface area contributed by atoms with Gasteiger partial charge in [0.25, 0.3) is 0 Å². The van der Waals surface area contributed by atoms with Crippen LogP contribution >= 0.6 is 11.8 Å². The third kappa shape index (κ3) is 4.08. The van der Waals surface area contributed by atoms with Crippen molar-refractivity contribution in [3.05, 3.63) is 42.5 Å². The van der Waals surface area contributed by atoms with Gasteiger partial charge in [0.2, 0.25) is 0 Å². The van der Waals surface area contributed by atoms with Crippen molar-refractivity contribution in [3.63, 3.8) is 0 Å². The molecule has 0 bridgehead atoms. The zero-order chi connectivity index (χ0) is 16.9. The average Bonchev–Trinajstić information content (AvgIpc) is 3.00. The molecule has 0 spiro atoms. The fraction of sp³-hybridized carbons (Fsp3) is 0.412. The Bertz CT molecular complexity index is 697. The van der Waals surface area contributed by atoms with Gasteiger partial charge in [-0.05, 0) is 30.9 Å². The Hall–Kier alpha value is -2.02. The standard InChI is InChI=1S/C17H21FN4OS/c1-21-11-8-19-17(21)24-12-13-6-9-22(10-7-13)16(23)20-15-5-3-2-4-14(15)18/h2-5,8,11,13H,6-7,9-10,12H2,1H3,(H,20,23). The number of nitrogens with one attached hydrogen (secondary N) is 1. The number of piperidine rings is 1. The van der Waals surface area contributed by atoms with E-state index < -0.39 is 5.82 Å². The first-order valence-electron chi connectivity index (χ1n) is 8.04. The van der Waals surface area contributed by atoms with Gasteiger partial charge in [0.05, 0.1) is 5.69 Å². The number of carbonyl (C=O) groups excluding carboxylic acids is 1. The predicted octanol–water partition coefficient (Wildman–Crippen LogP) is 3.60. The minimum absolute atomic E-state index is 0.227. The maximum atomic E-state index is 13.6. The second kappa shape index (κ2) is 7.70. The molecule has 1 fully saturated rings. The molecule has 1 aliphatic heterocycles. The molecule has 1 aliphatic rings. The number of aryl methyl sites for hydroxylation is 1. The highest BCUT2D eigenvalue weighted by atomic mass is 32.2. The summed E-state index contributed by atoms with van der Waals surface area (Å²) < 4.78 is 15.6. The van der Waals surface area contributed by atoms with Crippen LogP contribution in [-0.4, -0.2) is 39.3 Å². The fourth-order valence-electron chi connectivity index (χ4n) is 2.74. The van der Waals surface area contributed by atoms with Crippen LogP contribution in [0.3, 0.4) is 0 Å². The molecule has 5 nitrogen and oxygen atoms in total. The molecule has 0 saturated carbocycles. The number of benzene rings is 1. The Morgan fingerprint density at radius 1 is 1.38 bits per heavy atom. The van der Waals surface area contributed by atoms with Gasteiger partial charge >= 0.3 is 6.03 Å². The van der Waals surface area contributed by atoms with E-state index in [9.17, 15) is 9.18 Å². The summed E-state index contributed by atoms with van der Waals surface area (Å²) in [6.07, 6.45) is 5.67. The number of urea groups is 1. The largest absolute Gasteiger partial charge is 0.329 e. The van der Waals surface area contributed by atoms with Gasteiger partial charge in [0.1, 0.15) is 5.82 Å². The molecular weight excluding hydrogens is 327 g/mol. The summed E-state index contributed by atoms with van der Waals surface area (Å²) in [7, 11) is 1.99. The molecule has 1 aromatic carbocycles. The van der Waals surface area contributed by atoms with Crippen LogP contribution in [0.15, 0.2) is 41.8 Å². The summed E-state index contributed by atoms with van der Waals surface area (Å²) in [6, 6.07) is 6.01. The van der Waals surface area contributed by atoms with Crippen LogP contribution in [0.2, 0.25) is 0 Å². The number of carbonyl (C=O) groups is 1. The zero-order valence-electron chi connectivity index (χ0n) is 13.6. The van der Waals surface area contributed by atoms with E-state index in [1.54, 1.807) is 41.1 Å². The van der Waals surface area contributed by atoms with Crippen LogP contribution in [-0.2, 0) is 7.05 Å². The number of amides is 2. The van der Waals surface area contributed by atoms with E-state index in [0.29, 0.717) is 19.0 Å². The van der Waals surface area contributed by atoms with Crippen molar-refractivity contribution in [2.24, 2.45) is 13.0 Å². The number of hydrogen-bond donors (Lipinski definition) is 1. The molecule has 2 amide bonds. The quantitative estimate of drug-likeness (QED) is 0.859. The molecule has 2 heterocycles. The van der Waals surface area contributed by atoms with E-state index in [4.69, 9.17) is 0 Å². The minimum Gasteiger partial charge on any atom is -0.329 e. The van der Waals surface area contributed by atoms with E-state index in [2.05, 4.69) is 10.3 Å². The first-order chi connectivity index (χ1) is 11.6. The lowest BCUT2D eigenvalue weighted by Crippen LogP contribution is -2.41. The molecule has 0 atom stereocenters. The second-order valence-electron chi connectivity index (χ2n) is 5.97.